The van der Waals surface area contributed by atoms with E-state index in [1.807, 2.05) is 34.6 Å². The Morgan fingerprint density at radius 3 is 2.70 bits per heavy atom. The van der Waals surface area contributed by atoms with E-state index >= 15 is 4.39 Å². The molecule has 6 aromatic rings. The fourth-order valence-electron chi connectivity index (χ4n) is 8.63. The van der Waals surface area contributed by atoms with E-state index in [9.17, 15) is 9.18 Å². The van der Waals surface area contributed by atoms with Gasteiger partial charge in [-0.15, -0.1) is 0 Å². The molecule has 8 bridgehead atoms. The lowest BCUT2D eigenvalue weighted by atomic mass is 9.83. The molecule has 4 aliphatic heterocycles. The molecule has 8 heterocycles. The number of halogens is 2. The first-order valence-corrected chi connectivity index (χ1v) is 18.9. The van der Waals surface area contributed by atoms with Crippen molar-refractivity contribution in [2.45, 2.75) is 63.6 Å². The molecule has 1 amide bonds. The molecule has 0 spiro atoms. The smallest absolute Gasteiger partial charge is 0.245 e. The number of carbonyl (C=O) groups excluding carboxylic acids is 1. The van der Waals surface area contributed by atoms with Crippen molar-refractivity contribution in [1.82, 2.24) is 39.2 Å². The van der Waals surface area contributed by atoms with Crippen LogP contribution in [0.4, 0.5) is 20.4 Å². The van der Waals surface area contributed by atoms with Crippen molar-refractivity contribution >= 4 is 39.6 Å². The van der Waals surface area contributed by atoms with Crippen molar-refractivity contribution in [2.75, 3.05) is 44.1 Å². The van der Waals surface area contributed by atoms with Crippen LogP contribution in [0.3, 0.4) is 0 Å². The molecule has 1 saturated carbocycles. The number of fused-ring (bicyclic) bond motifs is 7. The third kappa shape index (κ3) is 5.98. The number of aromatic nitrogens is 7. The molecule has 1 N–H and O–H groups in total. The molecule has 11 rings (SSSR count). The van der Waals surface area contributed by atoms with Crippen molar-refractivity contribution in [3.05, 3.63) is 78.0 Å². The second-order valence-corrected chi connectivity index (χ2v) is 15.3. The van der Waals surface area contributed by atoms with Crippen molar-refractivity contribution in [2.24, 2.45) is 5.92 Å². The van der Waals surface area contributed by atoms with E-state index in [4.69, 9.17) is 39.2 Å². The number of amides is 1. The third-order valence-electron chi connectivity index (χ3n) is 11.5. The van der Waals surface area contributed by atoms with E-state index in [0.29, 0.717) is 88.6 Å². The Balaban J connectivity index is 1.09. The quantitative estimate of drug-likeness (QED) is 0.254. The van der Waals surface area contributed by atoms with Crippen LogP contribution in [0.2, 0.25) is 0 Å². The summed E-state index contributed by atoms with van der Waals surface area (Å²) in [4.78, 5) is 38.1. The van der Waals surface area contributed by atoms with Crippen molar-refractivity contribution in [3.63, 3.8) is 0 Å². The highest BCUT2D eigenvalue weighted by molar-refractivity contribution is 5.94. The van der Waals surface area contributed by atoms with Gasteiger partial charge in [0.25, 0.3) is 0 Å². The summed E-state index contributed by atoms with van der Waals surface area (Å²) in [6, 6.07) is 12.1. The molecule has 4 aromatic heterocycles. The van der Waals surface area contributed by atoms with Gasteiger partial charge in [0.15, 0.2) is 11.5 Å². The highest BCUT2D eigenvalue weighted by atomic mass is 19.1. The van der Waals surface area contributed by atoms with Gasteiger partial charge < -0.3 is 33.9 Å². The van der Waals surface area contributed by atoms with Crippen LogP contribution in [0.5, 0.6) is 5.75 Å². The van der Waals surface area contributed by atoms with E-state index in [1.54, 1.807) is 36.0 Å². The summed E-state index contributed by atoms with van der Waals surface area (Å²) < 4.78 is 51.8. The van der Waals surface area contributed by atoms with Gasteiger partial charge in [-0.25, -0.2) is 33.4 Å². The molecule has 16 heteroatoms. The number of carbonyl (C=O) groups is 1. The van der Waals surface area contributed by atoms with Gasteiger partial charge in [0.05, 0.1) is 53.7 Å². The van der Waals surface area contributed by atoms with Crippen LogP contribution in [0.1, 0.15) is 30.9 Å². The largest absolute Gasteiger partial charge is 0.491 e. The van der Waals surface area contributed by atoms with Gasteiger partial charge in [0.1, 0.15) is 53.2 Å². The number of rotatable bonds is 2. The molecule has 1 saturated heterocycles. The molecule has 2 fully saturated rings. The summed E-state index contributed by atoms with van der Waals surface area (Å²) in [5.74, 6) is 1.98. The number of pyridine rings is 1. The third-order valence-corrected chi connectivity index (χ3v) is 11.5. The number of hydrogen-bond acceptors (Lipinski definition) is 11. The molecule has 5 aliphatic rings. The number of anilines is 2. The Morgan fingerprint density at radius 2 is 1.84 bits per heavy atom. The molecule has 14 nitrogen and oxygen atoms in total. The Hall–Kier alpha value is -5.74. The molecular weight excluding hydrogens is 723 g/mol. The highest BCUT2D eigenvalue weighted by Gasteiger charge is 2.41. The standard InChI is InChI=1S/C40H40F2N10O4/c1-21-44-31-12-24(42)11-28-30-5-4-6-35(46-30)45-25-14-33(40(53)49(2)17-27(54-3)18-50(21)37(28)31)51(16-25)38-29-15-43-52-32-8-7-23(41)13-34(32)56-19-22-9-26(10-22)55-20-36(47-38)48-39(29)52/h4-8,11-13,15,22,25-27,33H,9-10,14,16-20H2,1-3H3,(H,45,46)/t22?,25?,26?,27-,33-/m0/s1. The zero-order valence-electron chi connectivity index (χ0n) is 31.2. The number of benzene rings is 2. The highest BCUT2D eigenvalue weighted by Crippen LogP contribution is 2.38. The summed E-state index contributed by atoms with van der Waals surface area (Å²) in [6.45, 7) is 3.54. The second-order valence-electron chi connectivity index (χ2n) is 15.3. The lowest BCUT2D eigenvalue weighted by Gasteiger charge is -2.34. The maximum absolute atomic E-state index is 15.1. The molecule has 1 unspecified atom stereocenters. The SMILES string of the molecule is CO[C@H]1CN(C)C(=O)[C@@H]2CC(CN2c2nc3nc4c2cnn4-c2ccc(F)cc2OCC2CC(C2)OC3)Nc2cccc(n2)-c2cc(F)cc3nc(C)n(c23)C1. The average Bonchev–Trinajstić information content (AvgIpc) is 3.87. The Kier molecular flexibility index (Phi) is 8.36. The first-order valence-electron chi connectivity index (χ1n) is 18.9. The van der Waals surface area contributed by atoms with Gasteiger partial charge in [-0.2, -0.15) is 5.10 Å². The van der Waals surface area contributed by atoms with Gasteiger partial charge in [0, 0.05) is 51.0 Å². The van der Waals surface area contributed by atoms with Gasteiger partial charge in [-0.3, -0.25) is 4.79 Å². The van der Waals surface area contributed by atoms with Gasteiger partial charge in [0.2, 0.25) is 5.91 Å². The van der Waals surface area contributed by atoms with Gasteiger partial charge in [-0.05, 0) is 62.4 Å². The minimum absolute atomic E-state index is 0.0295. The number of hydrogen-bond donors (Lipinski definition) is 1. The molecule has 56 heavy (non-hydrogen) atoms. The zero-order chi connectivity index (χ0) is 38.2. The predicted molar refractivity (Wildman–Crippen MR) is 203 cm³/mol. The van der Waals surface area contributed by atoms with E-state index < -0.39 is 23.8 Å². The first kappa shape index (κ1) is 34.7. The lowest BCUT2D eigenvalue weighted by molar-refractivity contribution is -0.132. The Morgan fingerprint density at radius 1 is 0.964 bits per heavy atom. The number of nitrogens with zero attached hydrogens (tertiary/aromatic N) is 9. The Bertz CT molecular complexity index is 2520. The number of ether oxygens (including phenoxy) is 3. The minimum Gasteiger partial charge on any atom is -0.491 e. The summed E-state index contributed by atoms with van der Waals surface area (Å²) in [7, 11) is 3.41. The molecule has 288 valence electrons. The molecule has 0 radical (unpaired) electrons. The topological polar surface area (TPSA) is 138 Å². The Labute approximate surface area is 320 Å². The van der Waals surface area contributed by atoms with E-state index in [1.165, 1.54) is 24.3 Å². The molecule has 3 atom stereocenters. The van der Waals surface area contributed by atoms with Crippen molar-refractivity contribution < 1.29 is 27.8 Å². The molecule has 1 aliphatic carbocycles. The van der Waals surface area contributed by atoms with Crippen LogP contribution >= 0.6 is 0 Å². The van der Waals surface area contributed by atoms with Crippen LogP contribution < -0.4 is 15.0 Å². The second kappa shape index (κ2) is 13.5. The lowest BCUT2D eigenvalue weighted by Crippen LogP contribution is -2.47. The number of methoxy groups -OCH3 is 1. The van der Waals surface area contributed by atoms with Crippen molar-refractivity contribution in [1.29, 1.82) is 0 Å². The predicted octanol–water partition coefficient (Wildman–Crippen LogP) is 5.05. The van der Waals surface area contributed by atoms with E-state index in [2.05, 4.69) is 5.32 Å². The van der Waals surface area contributed by atoms with E-state index in [-0.39, 0.29) is 37.1 Å². The zero-order valence-corrected chi connectivity index (χ0v) is 31.2. The van der Waals surface area contributed by atoms with Crippen LogP contribution in [0.15, 0.2) is 54.7 Å². The van der Waals surface area contributed by atoms with Crippen molar-refractivity contribution in [3.8, 4) is 22.7 Å². The minimum atomic E-state index is -0.634. The van der Waals surface area contributed by atoms with Crippen LogP contribution in [0.25, 0.3) is 39.0 Å². The van der Waals surface area contributed by atoms with Gasteiger partial charge in [-0.1, -0.05) is 6.07 Å². The monoisotopic (exact) mass is 762 g/mol. The van der Waals surface area contributed by atoms with Crippen LogP contribution in [0, 0.1) is 24.5 Å². The average molecular weight is 763 g/mol. The van der Waals surface area contributed by atoms with E-state index in [0.717, 1.165) is 18.4 Å². The summed E-state index contributed by atoms with van der Waals surface area (Å²) >= 11 is 0. The summed E-state index contributed by atoms with van der Waals surface area (Å²) in [5, 5.41) is 8.93. The number of likely N-dealkylation sites (N-methyl/N-ethyl adjacent to an activating group) is 1. The number of aryl methyl sites for hydroxylation is 1. The molecular formula is C40H40F2N10O4. The first-order chi connectivity index (χ1) is 27.2. The van der Waals surface area contributed by atoms with Crippen LogP contribution in [-0.4, -0.2) is 103 Å². The summed E-state index contributed by atoms with van der Waals surface area (Å²) in [6.07, 6.45) is 3.36. The fourth-order valence-corrected chi connectivity index (χ4v) is 8.63. The van der Waals surface area contributed by atoms with Gasteiger partial charge >= 0.3 is 0 Å². The number of imidazole rings is 1. The van der Waals surface area contributed by atoms with Crippen LogP contribution in [-0.2, 0) is 27.4 Å². The number of nitrogens with one attached hydrogen (secondary N) is 1. The normalized spacial score (nSPS) is 23.7. The maximum atomic E-state index is 15.1. The molecule has 2 aromatic carbocycles. The fraction of sp³-hybridized carbons (Fsp3) is 0.400. The summed E-state index contributed by atoms with van der Waals surface area (Å²) in [5.41, 5.74) is 3.50. The maximum Gasteiger partial charge on any atom is 0.245 e.